The Morgan fingerprint density at radius 2 is 2.36 bits per heavy atom. The van der Waals surface area contributed by atoms with Crippen LogP contribution in [0.15, 0.2) is 18.2 Å². The first-order chi connectivity index (χ1) is 6.65. The summed E-state index contributed by atoms with van der Waals surface area (Å²) in [5.41, 5.74) is 6.99. The molecule has 1 aromatic carbocycles. The number of hydrogen-bond acceptors (Lipinski definition) is 3. The second-order valence-electron chi connectivity index (χ2n) is 3.18. The fraction of sp³-hybridized carbons (Fsp3) is 0.200. The van der Waals surface area contributed by atoms with Gasteiger partial charge < -0.3 is 5.73 Å². The van der Waals surface area contributed by atoms with Gasteiger partial charge in [0.25, 0.3) is 0 Å². The number of carbonyl (C=O) groups is 1. The van der Waals surface area contributed by atoms with E-state index < -0.39 is 0 Å². The third-order valence-corrected chi connectivity index (χ3v) is 2.89. The van der Waals surface area contributed by atoms with Crippen LogP contribution in [0.1, 0.15) is 10.6 Å². The maximum atomic E-state index is 10.7. The summed E-state index contributed by atoms with van der Waals surface area (Å²) in [4.78, 5) is 15.1. The third kappa shape index (κ3) is 1.75. The van der Waals surface area contributed by atoms with Crippen LogP contribution in [0.5, 0.6) is 0 Å². The van der Waals surface area contributed by atoms with Crippen LogP contribution in [0.2, 0.25) is 0 Å². The number of nitrogens with two attached hydrogens (primary N) is 1. The van der Waals surface area contributed by atoms with E-state index >= 15 is 0 Å². The number of fused-ring (bicyclic) bond motifs is 1. The van der Waals surface area contributed by atoms with Crippen molar-refractivity contribution < 1.29 is 4.79 Å². The second kappa shape index (κ2) is 3.38. The molecule has 1 heterocycles. The third-order valence-electron chi connectivity index (χ3n) is 1.94. The Labute approximate surface area is 85.6 Å². The predicted octanol–water partition coefficient (Wildman–Crippen LogP) is 1.63. The lowest BCUT2D eigenvalue weighted by Gasteiger charge is -1.96. The van der Waals surface area contributed by atoms with Crippen molar-refractivity contribution in [3.05, 3.63) is 28.8 Å². The molecule has 0 atom stereocenters. The largest absolute Gasteiger partial charge is 0.369 e. The zero-order chi connectivity index (χ0) is 10.1. The molecule has 0 aliphatic carbocycles. The first kappa shape index (κ1) is 9.15. The van der Waals surface area contributed by atoms with Crippen LogP contribution in [0.4, 0.5) is 0 Å². The molecule has 3 nitrogen and oxygen atoms in total. The van der Waals surface area contributed by atoms with Gasteiger partial charge in [0.2, 0.25) is 5.91 Å². The van der Waals surface area contributed by atoms with Gasteiger partial charge in [-0.1, -0.05) is 6.07 Å². The molecule has 0 saturated heterocycles. The average molecular weight is 206 g/mol. The summed E-state index contributed by atoms with van der Waals surface area (Å²) < 4.78 is 1.15. The molecular weight excluding hydrogens is 196 g/mol. The summed E-state index contributed by atoms with van der Waals surface area (Å²) in [6, 6.07) is 5.83. The summed E-state index contributed by atoms with van der Waals surface area (Å²) in [7, 11) is 0. The lowest BCUT2D eigenvalue weighted by Crippen LogP contribution is -2.13. The summed E-state index contributed by atoms with van der Waals surface area (Å²) in [6.07, 6.45) is 0.284. The van der Waals surface area contributed by atoms with E-state index in [9.17, 15) is 4.79 Å². The van der Waals surface area contributed by atoms with Crippen LogP contribution in [0.3, 0.4) is 0 Å². The van der Waals surface area contributed by atoms with Crippen molar-refractivity contribution in [1.82, 2.24) is 4.98 Å². The minimum atomic E-state index is -0.309. The molecule has 2 N–H and O–H groups in total. The molecule has 14 heavy (non-hydrogen) atoms. The fourth-order valence-electron chi connectivity index (χ4n) is 1.40. The molecule has 72 valence electrons. The number of rotatable bonds is 2. The zero-order valence-corrected chi connectivity index (χ0v) is 8.60. The van der Waals surface area contributed by atoms with E-state index in [2.05, 4.69) is 4.98 Å². The van der Waals surface area contributed by atoms with Crippen molar-refractivity contribution in [2.75, 3.05) is 0 Å². The van der Waals surface area contributed by atoms with E-state index in [4.69, 9.17) is 5.73 Å². The Balaban J connectivity index is 2.45. The quantitative estimate of drug-likeness (QED) is 0.812. The maximum absolute atomic E-state index is 10.7. The molecular formula is C10H10N2OS. The summed E-state index contributed by atoms with van der Waals surface area (Å²) in [5, 5.41) is 1.04. The molecule has 0 unspecified atom stereocenters. The van der Waals surface area contributed by atoms with Crippen molar-refractivity contribution in [2.24, 2.45) is 5.73 Å². The van der Waals surface area contributed by atoms with E-state index in [1.165, 1.54) is 0 Å². The normalized spacial score (nSPS) is 10.6. The summed E-state index contributed by atoms with van der Waals surface area (Å²) in [6.45, 7) is 1.97. The number of carbonyl (C=O) groups excluding carboxylic acids is 1. The maximum Gasteiger partial charge on any atom is 0.221 e. The highest BCUT2D eigenvalue weighted by molar-refractivity contribution is 7.18. The van der Waals surface area contributed by atoms with Crippen LogP contribution < -0.4 is 5.73 Å². The highest BCUT2D eigenvalue weighted by Crippen LogP contribution is 2.22. The molecule has 1 aromatic heterocycles. The van der Waals surface area contributed by atoms with Gasteiger partial charge in [0, 0.05) is 0 Å². The van der Waals surface area contributed by atoms with Crippen LogP contribution in [0.25, 0.3) is 10.2 Å². The van der Waals surface area contributed by atoms with Gasteiger partial charge in [0.15, 0.2) is 0 Å². The Morgan fingerprint density at radius 3 is 3.07 bits per heavy atom. The number of aromatic nitrogens is 1. The topological polar surface area (TPSA) is 56.0 Å². The molecule has 0 saturated carbocycles. The number of thiazole rings is 1. The smallest absolute Gasteiger partial charge is 0.221 e. The minimum absolute atomic E-state index is 0.284. The summed E-state index contributed by atoms with van der Waals surface area (Å²) in [5.74, 6) is -0.309. The SMILES string of the molecule is Cc1nc2cc(CC(N)=O)ccc2s1. The van der Waals surface area contributed by atoms with Gasteiger partial charge in [-0.15, -0.1) is 11.3 Å². The van der Waals surface area contributed by atoms with E-state index in [0.29, 0.717) is 0 Å². The highest BCUT2D eigenvalue weighted by atomic mass is 32.1. The van der Waals surface area contributed by atoms with Crippen LogP contribution >= 0.6 is 11.3 Å². The van der Waals surface area contributed by atoms with E-state index in [-0.39, 0.29) is 12.3 Å². The van der Waals surface area contributed by atoms with Gasteiger partial charge in [0.05, 0.1) is 21.6 Å². The molecule has 2 rings (SSSR count). The monoisotopic (exact) mass is 206 g/mol. The van der Waals surface area contributed by atoms with E-state index in [0.717, 1.165) is 20.8 Å². The van der Waals surface area contributed by atoms with Gasteiger partial charge in [-0.05, 0) is 24.6 Å². The number of benzene rings is 1. The zero-order valence-electron chi connectivity index (χ0n) is 7.78. The first-order valence-electron chi connectivity index (χ1n) is 4.29. The molecule has 0 aliphatic heterocycles. The lowest BCUT2D eigenvalue weighted by atomic mass is 10.1. The van der Waals surface area contributed by atoms with E-state index in [1.54, 1.807) is 11.3 Å². The Bertz CT molecular complexity index is 490. The van der Waals surface area contributed by atoms with Gasteiger partial charge in [-0.25, -0.2) is 4.98 Å². The van der Waals surface area contributed by atoms with Gasteiger partial charge >= 0.3 is 0 Å². The molecule has 1 amide bonds. The van der Waals surface area contributed by atoms with Gasteiger partial charge in [-0.2, -0.15) is 0 Å². The molecule has 0 aliphatic rings. The highest BCUT2D eigenvalue weighted by Gasteiger charge is 2.03. The molecule has 0 radical (unpaired) electrons. The molecule has 0 fully saturated rings. The molecule has 0 spiro atoms. The summed E-state index contributed by atoms with van der Waals surface area (Å²) >= 11 is 1.65. The molecule has 4 heteroatoms. The predicted molar refractivity (Wildman–Crippen MR) is 57.3 cm³/mol. The van der Waals surface area contributed by atoms with Crippen molar-refractivity contribution in [1.29, 1.82) is 0 Å². The van der Waals surface area contributed by atoms with Crippen molar-refractivity contribution >= 4 is 27.5 Å². The average Bonchev–Trinajstić information content (AvgIpc) is 2.42. The number of primary amides is 1. The van der Waals surface area contributed by atoms with E-state index in [1.807, 2.05) is 25.1 Å². The standard InChI is InChI=1S/C10H10N2OS/c1-6-12-8-4-7(5-10(11)13)2-3-9(8)14-6/h2-4H,5H2,1H3,(H2,11,13). The van der Waals surface area contributed by atoms with Crippen LogP contribution in [-0.2, 0) is 11.2 Å². The lowest BCUT2D eigenvalue weighted by molar-refractivity contribution is -0.117. The van der Waals surface area contributed by atoms with Gasteiger partial charge in [-0.3, -0.25) is 4.79 Å². The number of hydrogen-bond donors (Lipinski definition) is 1. The molecule has 2 aromatic rings. The number of aryl methyl sites for hydroxylation is 1. The first-order valence-corrected chi connectivity index (χ1v) is 5.11. The Morgan fingerprint density at radius 1 is 1.57 bits per heavy atom. The van der Waals surface area contributed by atoms with Crippen LogP contribution in [-0.4, -0.2) is 10.9 Å². The molecule has 0 bridgehead atoms. The van der Waals surface area contributed by atoms with Crippen molar-refractivity contribution in [3.63, 3.8) is 0 Å². The second-order valence-corrected chi connectivity index (χ2v) is 4.41. The van der Waals surface area contributed by atoms with Gasteiger partial charge in [0.1, 0.15) is 0 Å². The number of amides is 1. The number of nitrogens with zero attached hydrogens (tertiary/aromatic N) is 1. The fourth-order valence-corrected chi connectivity index (χ4v) is 2.21. The van der Waals surface area contributed by atoms with Crippen molar-refractivity contribution in [3.8, 4) is 0 Å². The van der Waals surface area contributed by atoms with Crippen molar-refractivity contribution in [2.45, 2.75) is 13.3 Å². The Hall–Kier alpha value is -1.42. The van der Waals surface area contributed by atoms with Crippen LogP contribution in [0, 0.1) is 6.92 Å². The minimum Gasteiger partial charge on any atom is -0.369 e. The Kier molecular flexibility index (Phi) is 2.21.